The molecule has 0 bridgehead atoms. The smallest absolute Gasteiger partial charge is 0.157 e. The molecule has 0 atom stereocenters. The molecule has 0 aliphatic rings. The highest BCUT2D eigenvalue weighted by molar-refractivity contribution is 14.1. The Morgan fingerprint density at radius 2 is 2.57 bits per heavy atom. The van der Waals surface area contributed by atoms with Gasteiger partial charge < -0.3 is 5.84 Å². The minimum atomic E-state index is 0.799. The van der Waals surface area contributed by atoms with Gasteiger partial charge >= 0.3 is 0 Å². The van der Waals surface area contributed by atoms with Crippen molar-refractivity contribution in [2.75, 3.05) is 0 Å². The summed E-state index contributed by atoms with van der Waals surface area (Å²) in [6.45, 7) is 3.47. The van der Waals surface area contributed by atoms with E-state index in [9.17, 15) is 0 Å². The predicted octanol–water partition coefficient (Wildman–Crippen LogP) is 1.53. The first-order chi connectivity index (χ1) is 3.31. The molecule has 0 aliphatic heterocycles. The maximum Gasteiger partial charge on any atom is 0.157 e. The second-order valence-electron chi connectivity index (χ2n) is 0.667. The molecule has 0 unspecified atom stereocenters. The van der Waals surface area contributed by atoms with E-state index in [1.807, 2.05) is 22.6 Å². The van der Waals surface area contributed by atoms with Crippen LogP contribution >= 0.6 is 34.4 Å². The van der Waals surface area contributed by atoms with E-state index in [1.54, 1.807) is 5.41 Å². The lowest BCUT2D eigenvalue weighted by Crippen LogP contribution is -1.82. The van der Waals surface area contributed by atoms with Crippen LogP contribution in [0.2, 0.25) is 0 Å². The molecule has 0 fully saturated rings. The molecule has 0 aromatic rings. The first-order valence-corrected chi connectivity index (χ1v) is 3.48. The number of halogens is 1. The van der Waals surface area contributed by atoms with E-state index in [2.05, 4.69) is 11.7 Å². The highest BCUT2D eigenvalue weighted by Gasteiger charge is 1.82. The molecule has 2 nitrogen and oxygen atoms in total. The van der Waals surface area contributed by atoms with Gasteiger partial charge in [-0.15, -0.1) is 0 Å². The van der Waals surface area contributed by atoms with Gasteiger partial charge in [0, 0.05) is 0 Å². The Bertz CT molecular complexity index is 90.9. The summed E-state index contributed by atoms with van der Waals surface area (Å²) < 4.78 is 0.799. The Morgan fingerprint density at radius 3 is 2.71 bits per heavy atom. The molecule has 7 heavy (non-hydrogen) atoms. The molecule has 0 spiro atoms. The summed E-state index contributed by atoms with van der Waals surface area (Å²) in [7, 11) is 0. The first kappa shape index (κ1) is 7.29. The molecule has 0 saturated carbocycles. The number of hydrogen-bond acceptors (Lipinski definition) is 3. The summed E-state index contributed by atoms with van der Waals surface area (Å²) in [5.74, 6) is 4.87. The van der Waals surface area contributed by atoms with Crippen LogP contribution in [0.3, 0.4) is 0 Å². The van der Waals surface area contributed by atoms with Gasteiger partial charge in [0.1, 0.15) is 0 Å². The highest BCUT2D eigenvalue weighted by Crippen LogP contribution is 2.08. The molecule has 0 heterocycles. The van der Waals surface area contributed by atoms with Crippen LogP contribution in [-0.4, -0.2) is 3.05 Å². The topological polar surface area (TPSA) is 38.4 Å². The van der Waals surface area contributed by atoms with Crippen molar-refractivity contribution in [3.63, 3.8) is 0 Å². The van der Waals surface area contributed by atoms with Crippen LogP contribution < -0.4 is 5.84 Å². The van der Waals surface area contributed by atoms with Crippen molar-refractivity contribution in [2.24, 2.45) is 10.9 Å². The number of hydrogen-bond donors (Lipinski definition) is 1. The van der Waals surface area contributed by atoms with Gasteiger partial charge in [0.15, 0.2) is 3.05 Å². The van der Waals surface area contributed by atoms with E-state index in [1.165, 1.54) is 11.8 Å². The third kappa shape index (κ3) is 4.14. The highest BCUT2D eigenvalue weighted by atomic mass is 127. The molecule has 4 heteroatoms. The lowest BCUT2D eigenvalue weighted by Gasteiger charge is -1.82. The Kier molecular flexibility index (Phi) is 4.63. The Labute approximate surface area is 60.4 Å². The molecule has 0 aromatic carbocycles. The average Bonchev–Trinajstić information content (AvgIpc) is 1.68. The molecular formula is C3H5IN2S. The van der Waals surface area contributed by atoms with Gasteiger partial charge in [0.2, 0.25) is 0 Å². The normalized spacial score (nSPS) is 11.3. The second kappa shape index (κ2) is 4.45. The second-order valence-corrected chi connectivity index (χ2v) is 3.38. The number of hydrazone groups is 1. The van der Waals surface area contributed by atoms with Crippen molar-refractivity contribution in [1.82, 2.24) is 0 Å². The van der Waals surface area contributed by atoms with Gasteiger partial charge in [-0.2, -0.15) is 5.10 Å². The van der Waals surface area contributed by atoms with Gasteiger partial charge in [-0.05, 0) is 28.0 Å². The molecule has 40 valence electrons. The SMILES string of the molecule is C=CS/C(I)=N\N. The van der Waals surface area contributed by atoms with Gasteiger partial charge in [0.05, 0.1) is 0 Å². The summed E-state index contributed by atoms with van der Waals surface area (Å²) in [6.07, 6.45) is 0. The molecule has 0 saturated heterocycles. The third-order valence-electron chi connectivity index (χ3n) is 0.282. The monoisotopic (exact) mass is 228 g/mol. The lowest BCUT2D eigenvalue weighted by atomic mass is 11.3. The van der Waals surface area contributed by atoms with Gasteiger partial charge in [-0.3, -0.25) is 0 Å². The van der Waals surface area contributed by atoms with Crippen molar-refractivity contribution >= 4 is 37.4 Å². The fourth-order valence-electron chi connectivity index (χ4n) is 0.0992. The Hall–Kier alpha value is 0.290. The van der Waals surface area contributed by atoms with Crippen molar-refractivity contribution in [3.05, 3.63) is 12.0 Å². The van der Waals surface area contributed by atoms with Crippen molar-refractivity contribution in [1.29, 1.82) is 0 Å². The molecule has 0 rings (SSSR count). The number of nitrogens with zero attached hydrogens (tertiary/aromatic N) is 1. The van der Waals surface area contributed by atoms with Crippen molar-refractivity contribution < 1.29 is 0 Å². The molecule has 2 N–H and O–H groups in total. The van der Waals surface area contributed by atoms with Crippen LogP contribution in [-0.2, 0) is 0 Å². The lowest BCUT2D eigenvalue weighted by molar-refractivity contribution is 1.27. The zero-order chi connectivity index (χ0) is 5.70. The number of rotatable bonds is 1. The van der Waals surface area contributed by atoms with Crippen LogP contribution in [0.5, 0.6) is 0 Å². The summed E-state index contributed by atoms with van der Waals surface area (Å²) in [5.41, 5.74) is 0. The standard InChI is InChI=1S/C3H5IN2S/c1-2-7-3(4)6-5/h2H,1,5H2/b6-3-. The predicted molar refractivity (Wildman–Crippen MR) is 43.4 cm³/mol. The maximum absolute atomic E-state index is 4.87. The van der Waals surface area contributed by atoms with E-state index < -0.39 is 0 Å². The first-order valence-electron chi connectivity index (χ1n) is 1.52. The number of thioether (sulfide) groups is 1. The van der Waals surface area contributed by atoms with Crippen LogP contribution in [0.1, 0.15) is 0 Å². The summed E-state index contributed by atoms with van der Waals surface area (Å²) in [4.78, 5) is 0. The minimum absolute atomic E-state index is 0.799. The zero-order valence-electron chi connectivity index (χ0n) is 3.60. The van der Waals surface area contributed by atoms with Crippen molar-refractivity contribution in [3.8, 4) is 0 Å². The van der Waals surface area contributed by atoms with Gasteiger partial charge in [-0.25, -0.2) is 0 Å². The van der Waals surface area contributed by atoms with Gasteiger partial charge in [-0.1, -0.05) is 18.3 Å². The van der Waals surface area contributed by atoms with Crippen LogP contribution in [0.25, 0.3) is 0 Å². The fourth-order valence-corrected chi connectivity index (χ4v) is 0.837. The average molecular weight is 228 g/mol. The molecule has 0 radical (unpaired) electrons. The third-order valence-corrected chi connectivity index (χ3v) is 1.79. The van der Waals surface area contributed by atoms with E-state index >= 15 is 0 Å². The van der Waals surface area contributed by atoms with Crippen LogP contribution in [0.15, 0.2) is 17.1 Å². The quantitative estimate of drug-likeness (QED) is 0.243. The maximum atomic E-state index is 4.87. The Balaban J connectivity index is 3.36. The fraction of sp³-hybridized carbons (Fsp3) is 0. The largest absolute Gasteiger partial charge is 0.322 e. The molecular weight excluding hydrogens is 223 g/mol. The molecule has 0 amide bonds. The molecule has 0 aliphatic carbocycles. The van der Waals surface area contributed by atoms with Crippen LogP contribution in [0, 0.1) is 0 Å². The summed E-state index contributed by atoms with van der Waals surface area (Å²) in [5, 5.41) is 5.05. The zero-order valence-corrected chi connectivity index (χ0v) is 6.57. The van der Waals surface area contributed by atoms with E-state index in [0.29, 0.717) is 0 Å². The summed E-state index contributed by atoms with van der Waals surface area (Å²) in [6, 6.07) is 0. The van der Waals surface area contributed by atoms with Gasteiger partial charge in [0.25, 0.3) is 0 Å². The summed E-state index contributed by atoms with van der Waals surface area (Å²) >= 11 is 3.43. The van der Waals surface area contributed by atoms with Crippen molar-refractivity contribution in [2.45, 2.75) is 0 Å². The van der Waals surface area contributed by atoms with E-state index in [0.717, 1.165) is 3.05 Å². The van der Waals surface area contributed by atoms with Crippen LogP contribution in [0.4, 0.5) is 0 Å². The molecule has 0 aromatic heterocycles. The Morgan fingerprint density at radius 1 is 2.00 bits per heavy atom. The van der Waals surface area contributed by atoms with E-state index in [4.69, 9.17) is 5.84 Å². The number of nitrogens with two attached hydrogens (primary N) is 1. The minimum Gasteiger partial charge on any atom is -0.322 e. The van der Waals surface area contributed by atoms with E-state index in [-0.39, 0.29) is 0 Å².